The second kappa shape index (κ2) is 10.4. The minimum Gasteiger partial charge on any atom is -0.492 e. The maximum atomic E-state index is 12.2. The lowest BCUT2D eigenvalue weighted by atomic mass is 10.3. The predicted octanol–water partition coefficient (Wildman–Crippen LogP) is 3.14. The first-order valence-electron chi connectivity index (χ1n) is 8.74. The van der Waals surface area contributed by atoms with Crippen molar-refractivity contribution in [3.05, 3.63) is 46.2 Å². The molecule has 0 amide bonds. The smallest absolute Gasteiger partial charge is 0.373 e. The highest BCUT2D eigenvalue weighted by Crippen LogP contribution is 2.34. The summed E-state index contributed by atoms with van der Waals surface area (Å²) in [6.07, 6.45) is 0.769. The van der Waals surface area contributed by atoms with Crippen molar-refractivity contribution < 1.29 is 34.1 Å². The van der Waals surface area contributed by atoms with Gasteiger partial charge >= 0.3 is 5.97 Å². The minimum absolute atomic E-state index is 0.241. The van der Waals surface area contributed by atoms with Crippen molar-refractivity contribution in [1.82, 2.24) is 4.73 Å². The highest BCUT2D eigenvalue weighted by atomic mass is 32.1. The molecule has 0 aliphatic rings. The van der Waals surface area contributed by atoms with Gasteiger partial charge in [0.05, 0.1) is 19.8 Å². The molecule has 0 aliphatic carbocycles. The topological polar surface area (TPSA) is 99.4 Å². The lowest BCUT2D eigenvalue weighted by Gasteiger charge is -2.05. The van der Waals surface area contributed by atoms with Crippen LogP contribution in [0.1, 0.15) is 14.5 Å². The Labute approximate surface area is 175 Å². The van der Waals surface area contributed by atoms with Crippen LogP contribution in [0.15, 0.2) is 36.4 Å². The molecule has 3 aromatic heterocycles. The summed E-state index contributed by atoms with van der Waals surface area (Å²) in [5.74, 6) is -1.38. The molecule has 8 nitrogen and oxygen atoms in total. The van der Waals surface area contributed by atoms with Crippen molar-refractivity contribution in [2.45, 2.75) is 6.42 Å². The summed E-state index contributed by atoms with van der Waals surface area (Å²) in [5, 5.41) is 19.1. The van der Waals surface area contributed by atoms with E-state index in [0.717, 1.165) is 21.1 Å². The third kappa shape index (κ3) is 5.81. The molecule has 0 aromatic carbocycles. The van der Waals surface area contributed by atoms with Gasteiger partial charge < -0.3 is 29.3 Å². The highest BCUT2D eigenvalue weighted by molar-refractivity contribution is 7.23. The van der Waals surface area contributed by atoms with Gasteiger partial charge in [0.2, 0.25) is 11.8 Å². The fraction of sp³-hybridized carbons (Fsp3) is 0.316. The average molecular weight is 440 g/mol. The van der Waals surface area contributed by atoms with E-state index in [1.807, 2.05) is 18.2 Å². The number of aromatic nitrogens is 1. The molecule has 3 aromatic rings. The standard InChI is InChI=1S/C19H21NO7S2/c1-24-10-11-26-12-25-9-8-13-2-3-14(28-13)15-4-5-16(29-15)19(23)27-20-17(21)6-7-18(20)22/h2-7,21-22H,8-12H2,1H3. The Balaban J connectivity index is 1.51. The normalized spacial score (nSPS) is 11.1. The molecule has 0 fully saturated rings. The van der Waals surface area contributed by atoms with Gasteiger partial charge in [-0.25, -0.2) is 4.79 Å². The third-order valence-corrected chi connectivity index (χ3v) is 6.18. The summed E-state index contributed by atoms with van der Waals surface area (Å²) < 4.78 is 16.2. The van der Waals surface area contributed by atoms with Gasteiger partial charge in [-0.15, -0.1) is 27.4 Å². The first-order chi connectivity index (χ1) is 14.1. The molecule has 0 aliphatic heterocycles. The second-order valence-corrected chi connectivity index (χ2v) is 8.08. The summed E-state index contributed by atoms with van der Waals surface area (Å²) in [7, 11) is 1.62. The van der Waals surface area contributed by atoms with Gasteiger partial charge in [-0.1, -0.05) is 0 Å². The summed E-state index contributed by atoms with van der Waals surface area (Å²) in [4.78, 5) is 20.7. The van der Waals surface area contributed by atoms with E-state index in [4.69, 9.17) is 19.0 Å². The molecule has 156 valence electrons. The third-order valence-electron chi connectivity index (χ3n) is 3.77. The van der Waals surface area contributed by atoms with Crippen LogP contribution in [-0.2, 0) is 20.6 Å². The Morgan fingerprint density at radius 3 is 2.38 bits per heavy atom. The van der Waals surface area contributed by atoms with Crippen molar-refractivity contribution >= 4 is 28.6 Å². The number of nitrogens with zero attached hydrogens (tertiary/aromatic N) is 1. The van der Waals surface area contributed by atoms with Crippen LogP contribution in [0, 0.1) is 0 Å². The van der Waals surface area contributed by atoms with Crippen molar-refractivity contribution in [3.8, 4) is 21.5 Å². The predicted molar refractivity (Wildman–Crippen MR) is 109 cm³/mol. The summed E-state index contributed by atoms with van der Waals surface area (Å²) in [6.45, 7) is 1.84. The van der Waals surface area contributed by atoms with E-state index in [0.29, 0.717) is 29.4 Å². The van der Waals surface area contributed by atoms with Crippen LogP contribution in [0.2, 0.25) is 0 Å². The summed E-state index contributed by atoms with van der Waals surface area (Å²) in [6, 6.07) is 9.98. The first-order valence-corrected chi connectivity index (χ1v) is 10.4. The molecule has 29 heavy (non-hydrogen) atoms. The number of methoxy groups -OCH3 is 1. The molecule has 0 bridgehead atoms. The number of hydrogen-bond donors (Lipinski definition) is 2. The zero-order valence-corrected chi connectivity index (χ0v) is 17.3. The molecule has 3 rings (SSSR count). The van der Waals surface area contributed by atoms with Crippen molar-refractivity contribution in [3.63, 3.8) is 0 Å². The van der Waals surface area contributed by atoms with Crippen molar-refractivity contribution in [2.75, 3.05) is 33.7 Å². The molecule has 0 saturated heterocycles. The number of aromatic hydroxyl groups is 2. The second-order valence-electron chi connectivity index (χ2n) is 5.83. The van der Waals surface area contributed by atoms with Crippen molar-refractivity contribution in [1.29, 1.82) is 0 Å². The molecular formula is C19H21NO7S2. The number of hydrogen-bond acceptors (Lipinski definition) is 9. The van der Waals surface area contributed by atoms with E-state index in [1.54, 1.807) is 24.5 Å². The fourth-order valence-electron chi connectivity index (χ4n) is 2.34. The molecule has 0 radical (unpaired) electrons. The summed E-state index contributed by atoms with van der Waals surface area (Å²) in [5.41, 5.74) is 0. The maximum absolute atomic E-state index is 12.2. The molecule has 3 heterocycles. The van der Waals surface area contributed by atoms with E-state index in [9.17, 15) is 15.0 Å². The van der Waals surface area contributed by atoms with Crippen LogP contribution in [0.3, 0.4) is 0 Å². The van der Waals surface area contributed by atoms with Gasteiger partial charge in [0.25, 0.3) is 0 Å². The molecule has 0 spiro atoms. The lowest BCUT2D eigenvalue weighted by Crippen LogP contribution is -2.17. The van der Waals surface area contributed by atoms with Gasteiger partial charge in [0.15, 0.2) is 0 Å². The van der Waals surface area contributed by atoms with Gasteiger partial charge in [0.1, 0.15) is 11.7 Å². The Morgan fingerprint density at radius 2 is 1.62 bits per heavy atom. The number of thiophene rings is 2. The van der Waals surface area contributed by atoms with Gasteiger partial charge in [-0.3, -0.25) is 0 Å². The molecule has 2 N–H and O–H groups in total. The number of rotatable bonds is 11. The Morgan fingerprint density at radius 1 is 0.931 bits per heavy atom. The maximum Gasteiger partial charge on any atom is 0.373 e. The zero-order chi connectivity index (χ0) is 20.6. The summed E-state index contributed by atoms with van der Waals surface area (Å²) >= 11 is 2.90. The highest BCUT2D eigenvalue weighted by Gasteiger charge is 2.17. The van der Waals surface area contributed by atoms with Crippen molar-refractivity contribution in [2.24, 2.45) is 0 Å². The largest absolute Gasteiger partial charge is 0.492 e. The first kappa shape index (κ1) is 21.3. The molecular weight excluding hydrogens is 418 g/mol. The van der Waals surface area contributed by atoms with E-state index >= 15 is 0 Å². The monoisotopic (exact) mass is 439 g/mol. The number of carbonyl (C=O) groups is 1. The molecule has 0 saturated carbocycles. The van der Waals surface area contributed by atoms with E-state index in [-0.39, 0.29) is 18.6 Å². The Kier molecular flexibility index (Phi) is 7.67. The van der Waals surface area contributed by atoms with Gasteiger partial charge in [0, 0.05) is 40.3 Å². The zero-order valence-electron chi connectivity index (χ0n) is 15.7. The molecule has 0 atom stereocenters. The van der Waals surface area contributed by atoms with Crippen LogP contribution in [0.5, 0.6) is 11.8 Å². The lowest BCUT2D eigenvalue weighted by molar-refractivity contribution is -0.0646. The average Bonchev–Trinajstić information content (AvgIpc) is 3.44. The number of ether oxygens (including phenoxy) is 3. The Hall–Kier alpha value is -2.37. The molecule has 10 heteroatoms. The van der Waals surface area contributed by atoms with Crippen LogP contribution in [-0.4, -0.2) is 54.6 Å². The fourth-order valence-corrected chi connectivity index (χ4v) is 4.30. The quantitative estimate of drug-likeness (QED) is 0.350. The van der Waals surface area contributed by atoms with Crippen LogP contribution in [0.4, 0.5) is 0 Å². The van der Waals surface area contributed by atoms with E-state index in [2.05, 4.69) is 0 Å². The number of carbonyl (C=O) groups excluding carboxylic acids is 1. The minimum atomic E-state index is -0.665. The SMILES string of the molecule is COCCOCOCCc1ccc(-c2ccc(C(=O)On3c(O)ccc3O)s2)s1. The van der Waals surface area contributed by atoms with Gasteiger partial charge in [-0.2, -0.15) is 0 Å². The van der Waals surface area contributed by atoms with Crippen LogP contribution in [0.25, 0.3) is 9.75 Å². The van der Waals surface area contributed by atoms with E-state index in [1.165, 1.54) is 23.5 Å². The van der Waals surface area contributed by atoms with Crippen LogP contribution >= 0.6 is 22.7 Å². The van der Waals surface area contributed by atoms with Gasteiger partial charge in [-0.05, 0) is 24.3 Å². The van der Waals surface area contributed by atoms with Crippen LogP contribution < -0.4 is 4.84 Å². The molecule has 0 unspecified atom stereocenters. The Bertz CT molecular complexity index is 911. The van der Waals surface area contributed by atoms with E-state index < -0.39 is 5.97 Å².